The first kappa shape index (κ1) is 16.8. The molecule has 0 atom stereocenters. The topological polar surface area (TPSA) is 58.6 Å². The number of likely N-dealkylation sites (N-methyl/N-ethyl adjacent to an activating group) is 1. The zero-order chi connectivity index (χ0) is 15.8. The molecule has 1 aromatic carbocycles. The fourth-order valence-corrected chi connectivity index (χ4v) is 1.88. The van der Waals surface area contributed by atoms with Gasteiger partial charge in [0.05, 0.1) is 5.56 Å². The molecule has 0 aliphatic rings. The second kappa shape index (κ2) is 8.09. The molecule has 0 bridgehead atoms. The van der Waals surface area contributed by atoms with E-state index in [0.29, 0.717) is 24.3 Å². The zero-order valence-electron chi connectivity index (χ0n) is 12.8. The average Bonchev–Trinajstić information content (AvgIpc) is 2.49. The molecule has 0 radical (unpaired) electrons. The van der Waals surface area contributed by atoms with Crippen LogP contribution in [0.1, 0.15) is 24.2 Å². The van der Waals surface area contributed by atoms with Gasteiger partial charge in [0.1, 0.15) is 0 Å². The van der Waals surface area contributed by atoms with Crippen LogP contribution in [0.15, 0.2) is 36.4 Å². The SMILES string of the molecule is C=C(C)CN(CC)C(=O)COC(=O)c1ccccc1NC. The smallest absolute Gasteiger partial charge is 0.340 e. The first-order valence-electron chi connectivity index (χ1n) is 6.85. The Labute approximate surface area is 125 Å². The van der Waals surface area contributed by atoms with Crippen LogP contribution in [-0.2, 0) is 9.53 Å². The lowest BCUT2D eigenvalue weighted by molar-refractivity contribution is -0.133. The third kappa shape index (κ3) is 4.95. The van der Waals surface area contributed by atoms with Crippen molar-refractivity contribution in [2.75, 3.05) is 32.1 Å². The first-order valence-corrected chi connectivity index (χ1v) is 6.85. The molecule has 114 valence electrons. The fraction of sp³-hybridized carbons (Fsp3) is 0.375. The molecule has 21 heavy (non-hydrogen) atoms. The van der Waals surface area contributed by atoms with Crippen LogP contribution >= 0.6 is 0 Å². The van der Waals surface area contributed by atoms with Gasteiger partial charge in [0.25, 0.3) is 5.91 Å². The lowest BCUT2D eigenvalue weighted by Gasteiger charge is -2.20. The lowest BCUT2D eigenvalue weighted by Crippen LogP contribution is -2.35. The third-order valence-corrected chi connectivity index (χ3v) is 2.94. The molecule has 0 spiro atoms. The summed E-state index contributed by atoms with van der Waals surface area (Å²) in [6.07, 6.45) is 0. The van der Waals surface area contributed by atoms with Crippen molar-refractivity contribution in [1.82, 2.24) is 4.90 Å². The number of carbonyl (C=O) groups excluding carboxylic acids is 2. The Morgan fingerprint density at radius 1 is 1.33 bits per heavy atom. The summed E-state index contributed by atoms with van der Waals surface area (Å²) in [7, 11) is 1.73. The van der Waals surface area contributed by atoms with E-state index in [1.54, 1.807) is 30.1 Å². The molecule has 1 N–H and O–H groups in total. The van der Waals surface area contributed by atoms with E-state index in [4.69, 9.17) is 4.74 Å². The van der Waals surface area contributed by atoms with Crippen molar-refractivity contribution >= 4 is 17.6 Å². The quantitative estimate of drug-likeness (QED) is 0.618. The normalized spacial score (nSPS) is 9.86. The maximum Gasteiger partial charge on any atom is 0.340 e. The number of ether oxygens (including phenoxy) is 1. The number of hydrogen-bond donors (Lipinski definition) is 1. The zero-order valence-corrected chi connectivity index (χ0v) is 12.8. The molecular weight excluding hydrogens is 268 g/mol. The van der Waals surface area contributed by atoms with Gasteiger partial charge < -0.3 is 15.0 Å². The maximum atomic E-state index is 12.0. The van der Waals surface area contributed by atoms with E-state index in [2.05, 4.69) is 11.9 Å². The Morgan fingerprint density at radius 3 is 2.57 bits per heavy atom. The number of benzene rings is 1. The second-order valence-corrected chi connectivity index (χ2v) is 4.74. The van der Waals surface area contributed by atoms with Gasteiger partial charge in [-0.1, -0.05) is 24.3 Å². The van der Waals surface area contributed by atoms with Crippen LogP contribution in [0, 0.1) is 0 Å². The van der Waals surface area contributed by atoms with Crippen molar-refractivity contribution in [3.05, 3.63) is 42.0 Å². The van der Waals surface area contributed by atoms with E-state index in [1.807, 2.05) is 19.9 Å². The van der Waals surface area contributed by atoms with E-state index in [-0.39, 0.29) is 12.5 Å². The maximum absolute atomic E-state index is 12.0. The molecule has 1 amide bonds. The number of nitrogens with zero attached hydrogens (tertiary/aromatic N) is 1. The largest absolute Gasteiger partial charge is 0.452 e. The van der Waals surface area contributed by atoms with E-state index in [9.17, 15) is 9.59 Å². The molecule has 0 saturated heterocycles. The predicted octanol–water partition coefficient (Wildman–Crippen LogP) is 2.31. The first-order chi connectivity index (χ1) is 9.99. The molecule has 5 nitrogen and oxygen atoms in total. The van der Waals surface area contributed by atoms with Gasteiger partial charge in [-0.2, -0.15) is 0 Å². The monoisotopic (exact) mass is 290 g/mol. The minimum absolute atomic E-state index is 0.226. The Morgan fingerprint density at radius 2 is 2.00 bits per heavy atom. The van der Waals surface area contributed by atoms with Crippen molar-refractivity contribution in [3.8, 4) is 0 Å². The van der Waals surface area contributed by atoms with Crippen molar-refractivity contribution < 1.29 is 14.3 Å². The molecule has 0 saturated carbocycles. The number of esters is 1. The minimum Gasteiger partial charge on any atom is -0.452 e. The Balaban J connectivity index is 2.63. The lowest BCUT2D eigenvalue weighted by atomic mass is 10.2. The van der Waals surface area contributed by atoms with Gasteiger partial charge in [-0.15, -0.1) is 0 Å². The van der Waals surface area contributed by atoms with Gasteiger partial charge in [-0.05, 0) is 26.0 Å². The van der Waals surface area contributed by atoms with Crippen molar-refractivity contribution in [2.24, 2.45) is 0 Å². The van der Waals surface area contributed by atoms with Gasteiger partial charge in [0, 0.05) is 25.8 Å². The van der Waals surface area contributed by atoms with E-state index in [0.717, 1.165) is 5.57 Å². The molecule has 0 aromatic heterocycles. The van der Waals surface area contributed by atoms with Crippen LogP contribution in [0.25, 0.3) is 0 Å². The van der Waals surface area contributed by atoms with E-state index >= 15 is 0 Å². The number of nitrogens with one attached hydrogen (secondary N) is 1. The highest BCUT2D eigenvalue weighted by atomic mass is 16.5. The van der Waals surface area contributed by atoms with Crippen LogP contribution in [0.4, 0.5) is 5.69 Å². The number of rotatable bonds is 7. The molecule has 0 unspecified atom stereocenters. The summed E-state index contributed by atoms with van der Waals surface area (Å²) in [5.74, 6) is -0.740. The fourth-order valence-electron chi connectivity index (χ4n) is 1.88. The average molecular weight is 290 g/mol. The predicted molar refractivity (Wildman–Crippen MR) is 83.3 cm³/mol. The van der Waals surface area contributed by atoms with E-state index in [1.165, 1.54) is 0 Å². The highest BCUT2D eigenvalue weighted by Crippen LogP contribution is 2.15. The molecule has 5 heteroatoms. The molecule has 0 heterocycles. The number of hydrogen-bond acceptors (Lipinski definition) is 4. The van der Waals surface area contributed by atoms with Gasteiger partial charge in [-0.3, -0.25) is 4.79 Å². The van der Waals surface area contributed by atoms with Crippen LogP contribution in [-0.4, -0.2) is 43.5 Å². The Bertz CT molecular complexity index is 526. The van der Waals surface area contributed by atoms with Gasteiger partial charge in [0.2, 0.25) is 0 Å². The van der Waals surface area contributed by atoms with Crippen LogP contribution < -0.4 is 5.32 Å². The third-order valence-electron chi connectivity index (χ3n) is 2.94. The summed E-state index contributed by atoms with van der Waals surface area (Å²) < 4.78 is 5.10. The standard InChI is InChI=1S/C16H22N2O3/c1-5-18(10-12(2)3)15(19)11-21-16(20)13-8-6-7-9-14(13)17-4/h6-9,17H,2,5,10-11H2,1,3-4H3. The summed E-state index contributed by atoms with van der Waals surface area (Å²) in [6.45, 7) is 8.27. The summed E-state index contributed by atoms with van der Waals surface area (Å²) in [4.78, 5) is 25.6. The molecule has 1 rings (SSSR count). The van der Waals surface area contributed by atoms with Crippen molar-refractivity contribution in [3.63, 3.8) is 0 Å². The summed E-state index contributed by atoms with van der Waals surface area (Å²) in [5, 5.41) is 2.92. The molecule has 0 fully saturated rings. The summed E-state index contributed by atoms with van der Waals surface area (Å²) in [6, 6.07) is 7.00. The highest BCUT2D eigenvalue weighted by molar-refractivity contribution is 5.96. The minimum atomic E-state index is -0.514. The Hall–Kier alpha value is -2.30. The van der Waals surface area contributed by atoms with Crippen LogP contribution in [0.2, 0.25) is 0 Å². The number of carbonyl (C=O) groups is 2. The number of amides is 1. The number of para-hydroxylation sites is 1. The van der Waals surface area contributed by atoms with Gasteiger partial charge in [-0.25, -0.2) is 4.79 Å². The van der Waals surface area contributed by atoms with Crippen molar-refractivity contribution in [1.29, 1.82) is 0 Å². The molecular formula is C16H22N2O3. The van der Waals surface area contributed by atoms with Crippen molar-refractivity contribution in [2.45, 2.75) is 13.8 Å². The summed E-state index contributed by atoms with van der Waals surface area (Å²) >= 11 is 0. The highest BCUT2D eigenvalue weighted by Gasteiger charge is 2.16. The molecule has 0 aliphatic heterocycles. The molecule has 1 aromatic rings. The molecule has 0 aliphatic carbocycles. The number of anilines is 1. The van der Waals surface area contributed by atoms with Gasteiger partial charge in [0.15, 0.2) is 6.61 Å². The summed E-state index contributed by atoms with van der Waals surface area (Å²) in [5.41, 5.74) is 1.97. The van der Waals surface area contributed by atoms with E-state index < -0.39 is 5.97 Å². The van der Waals surface area contributed by atoms with Crippen LogP contribution in [0.3, 0.4) is 0 Å². The Kier molecular flexibility index (Phi) is 6.46. The second-order valence-electron chi connectivity index (χ2n) is 4.74. The van der Waals surface area contributed by atoms with Gasteiger partial charge >= 0.3 is 5.97 Å². The van der Waals surface area contributed by atoms with Crippen LogP contribution in [0.5, 0.6) is 0 Å².